The molecule has 1 aliphatic heterocycles. The van der Waals surface area contributed by atoms with E-state index in [9.17, 15) is 22.4 Å². The summed E-state index contributed by atoms with van der Waals surface area (Å²) < 4.78 is 43.9. The van der Waals surface area contributed by atoms with Gasteiger partial charge in [0.25, 0.3) is 11.5 Å². The van der Waals surface area contributed by atoms with Crippen molar-refractivity contribution in [2.24, 2.45) is 0 Å². The highest BCUT2D eigenvalue weighted by Gasteiger charge is 2.44. The Kier molecular flexibility index (Phi) is 6.97. The molecule has 0 spiro atoms. The molecule has 1 amide bonds. The van der Waals surface area contributed by atoms with Crippen LogP contribution in [0.2, 0.25) is 0 Å². The Morgan fingerprint density at radius 1 is 1.47 bits per heavy atom. The molecule has 1 aromatic carbocycles. The largest absolute Gasteiger partial charge is 0.350 e. The van der Waals surface area contributed by atoms with Crippen molar-refractivity contribution in [3.63, 3.8) is 0 Å². The van der Waals surface area contributed by atoms with E-state index in [2.05, 4.69) is 16.4 Å². The number of benzene rings is 1. The van der Waals surface area contributed by atoms with Gasteiger partial charge in [0.2, 0.25) is 0 Å². The number of rotatable bonds is 7. The van der Waals surface area contributed by atoms with E-state index in [4.69, 9.17) is 16.0 Å². The molecule has 1 fully saturated rings. The monoisotopic (exact) mass is 465 g/mol. The standard InChI is InChI=1S/C21H24FN3O6S/c1-4-14-8-9-15-18(17(14)22)23-13-25(19(15)26)11-10-21(2,32(3,28)29)20(27)24-31-16-7-5-6-12-30-16/h1,8-9,13,16H,5-7,10-12H2,2-3H3,(H,24,27)/t16?,21-/m1/s1. The Bertz CT molecular complexity index is 1230. The number of ether oxygens (including phenoxy) is 1. The van der Waals surface area contributed by atoms with Gasteiger partial charge in [-0.1, -0.05) is 5.92 Å². The second kappa shape index (κ2) is 9.36. The Hall–Kier alpha value is -2.81. The second-order valence-corrected chi connectivity index (χ2v) is 10.3. The third-order valence-electron chi connectivity index (χ3n) is 5.64. The number of aryl methyl sites for hydroxylation is 1. The number of carbonyl (C=O) groups is 1. The highest BCUT2D eigenvalue weighted by Crippen LogP contribution is 2.23. The molecule has 0 saturated carbocycles. The zero-order chi connectivity index (χ0) is 23.5. The first-order valence-corrected chi connectivity index (χ1v) is 11.9. The zero-order valence-electron chi connectivity index (χ0n) is 17.8. The van der Waals surface area contributed by atoms with Crippen LogP contribution in [0.15, 0.2) is 23.3 Å². The summed E-state index contributed by atoms with van der Waals surface area (Å²) in [6, 6.07) is 2.66. The highest BCUT2D eigenvalue weighted by atomic mass is 32.2. The summed E-state index contributed by atoms with van der Waals surface area (Å²) >= 11 is 0. The van der Waals surface area contributed by atoms with E-state index in [-0.39, 0.29) is 29.4 Å². The number of hydroxylamine groups is 1. The number of nitrogens with zero attached hydrogens (tertiary/aromatic N) is 2. The summed E-state index contributed by atoms with van der Waals surface area (Å²) in [7, 11) is -3.91. The lowest BCUT2D eigenvalue weighted by molar-refractivity contribution is -0.201. The molecule has 3 rings (SSSR count). The molecular weight excluding hydrogens is 441 g/mol. The van der Waals surface area contributed by atoms with Crippen molar-refractivity contribution in [3.8, 4) is 12.3 Å². The van der Waals surface area contributed by atoms with Crippen LogP contribution in [0.5, 0.6) is 0 Å². The van der Waals surface area contributed by atoms with Crippen LogP contribution < -0.4 is 11.0 Å². The minimum atomic E-state index is -3.91. The van der Waals surface area contributed by atoms with Gasteiger partial charge in [-0.05, 0) is 38.3 Å². The molecule has 1 N–H and O–H groups in total. The molecule has 0 aliphatic carbocycles. The average molecular weight is 466 g/mol. The Labute approximate surface area is 184 Å². The number of aromatic nitrogens is 2. The summed E-state index contributed by atoms with van der Waals surface area (Å²) in [5.41, 5.74) is 1.41. The highest BCUT2D eigenvalue weighted by molar-refractivity contribution is 7.92. The molecule has 2 aromatic rings. The van der Waals surface area contributed by atoms with E-state index in [1.807, 2.05) is 0 Å². The molecule has 1 unspecified atom stereocenters. The van der Waals surface area contributed by atoms with Gasteiger partial charge in [0, 0.05) is 25.8 Å². The summed E-state index contributed by atoms with van der Waals surface area (Å²) in [5.74, 6) is 0.520. The number of nitrogens with one attached hydrogen (secondary N) is 1. The molecule has 1 aliphatic rings. The molecule has 0 bridgehead atoms. The molecule has 2 heterocycles. The van der Waals surface area contributed by atoms with E-state index in [0.717, 1.165) is 30.0 Å². The van der Waals surface area contributed by atoms with Gasteiger partial charge >= 0.3 is 0 Å². The molecule has 2 atom stereocenters. The van der Waals surface area contributed by atoms with Gasteiger partial charge in [-0.3, -0.25) is 14.2 Å². The average Bonchev–Trinajstić information content (AvgIpc) is 2.77. The maximum Gasteiger partial charge on any atom is 0.264 e. The van der Waals surface area contributed by atoms with Crippen LogP contribution in [0.1, 0.15) is 38.2 Å². The first-order valence-electron chi connectivity index (χ1n) is 10.00. The fraction of sp³-hybridized carbons (Fsp3) is 0.476. The number of carbonyl (C=O) groups excluding carboxylic acids is 1. The van der Waals surface area contributed by atoms with Crippen molar-refractivity contribution in [1.82, 2.24) is 15.0 Å². The fourth-order valence-electron chi connectivity index (χ4n) is 3.30. The maximum atomic E-state index is 14.3. The Morgan fingerprint density at radius 2 is 2.22 bits per heavy atom. The third-order valence-corrected chi connectivity index (χ3v) is 7.66. The summed E-state index contributed by atoms with van der Waals surface area (Å²) in [6.07, 6.45) is 8.70. The zero-order valence-corrected chi connectivity index (χ0v) is 18.6. The molecule has 1 aromatic heterocycles. The van der Waals surface area contributed by atoms with Crippen LogP contribution in [0.4, 0.5) is 4.39 Å². The smallest absolute Gasteiger partial charge is 0.264 e. The maximum absolute atomic E-state index is 14.3. The Balaban J connectivity index is 1.81. The lowest BCUT2D eigenvalue weighted by Gasteiger charge is -2.28. The summed E-state index contributed by atoms with van der Waals surface area (Å²) in [4.78, 5) is 34.7. The van der Waals surface area contributed by atoms with Gasteiger partial charge in [-0.25, -0.2) is 28.1 Å². The van der Waals surface area contributed by atoms with E-state index >= 15 is 0 Å². The number of fused-ring (bicyclic) bond motifs is 1. The van der Waals surface area contributed by atoms with Crippen LogP contribution in [0.3, 0.4) is 0 Å². The van der Waals surface area contributed by atoms with Gasteiger partial charge in [0.15, 0.2) is 26.7 Å². The van der Waals surface area contributed by atoms with Crippen molar-refractivity contribution in [3.05, 3.63) is 40.2 Å². The van der Waals surface area contributed by atoms with Crippen molar-refractivity contribution in [2.45, 2.75) is 50.2 Å². The number of hydrogen-bond donors (Lipinski definition) is 1. The van der Waals surface area contributed by atoms with Gasteiger partial charge in [0.1, 0.15) is 5.52 Å². The minimum absolute atomic E-state index is 0.00714. The summed E-state index contributed by atoms with van der Waals surface area (Å²) in [6.45, 7) is 1.59. The van der Waals surface area contributed by atoms with Gasteiger partial charge in [-0.15, -0.1) is 6.42 Å². The predicted octanol–water partition coefficient (Wildman–Crippen LogP) is 1.28. The van der Waals surface area contributed by atoms with E-state index < -0.39 is 38.2 Å². The van der Waals surface area contributed by atoms with E-state index in [0.29, 0.717) is 13.0 Å². The second-order valence-electron chi connectivity index (χ2n) is 7.81. The quantitative estimate of drug-likeness (QED) is 0.484. The number of amides is 1. The van der Waals surface area contributed by atoms with Crippen LogP contribution in [-0.2, 0) is 30.8 Å². The number of halogens is 1. The number of sulfone groups is 1. The predicted molar refractivity (Wildman–Crippen MR) is 115 cm³/mol. The minimum Gasteiger partial charge on any atom is -0.350 e. The SMILES string of the molecule is C#Cc1ccc2c(=O)n(CC[C@](C)(C(=O)NOC3CCCCO3)S(C)(=O)=O)cnc2c1F. The molecule has 1 saturated heterocycles. The summed E-state index contributed by atoms with van der Waals surface area (Å²) in [5, 5.41) is -0.00714. The first-order chi connectivity index (χ1) is 15.1. The van der Waals surface area contributed by atoms with Crippen LogP contribution in [0, 0.1) is 18.2 Å². The van der Waals surface area contributed by atoms with Gasteiger partial charge in [-0.2, -0.15) is 0 Å². The molecule has 0 radical (unpaired) electrons. The van der Waals surface area contributed by atoms with Crippen molar-refractivity contribution < 1.29 is 27.2 Å². The normalized spacial score (nSPS) is 18.6. The van der Waals surface area contributed by atoms with Crippen molar-refractivity contribution in [2.75, 3.05) is 12.9 Å². The molecule has 11 heteroatoms. The van der Waals surface area contributed by atoms with Crippen LogP contribution in [-0.4, -0.2) is 47.8 Å². The van der Waals surface area contributed by atoms with E-state index in [1.165, 1.54) is 19.1 Å². The molecule has 9 nitrogen and oxygen atoms in total. The fourth-order valence-corrected chi connectivity index (χ4v) is 4.14. The lowest BCUT2D eigenvalue weighted by Crippen LogP contribution is -2.51. The third kappa shape index (κ3) is 4.67. The Morgan fingerprint density at radius 3 is 2.84 bits per heavy atom. The number of terminal acetylenes is 1. The lowest BCUT2D eigenvalue weighted by atomic mass is 10.1. The number of hydrogen-bond acceptors (Lipinski definition) is 7. The molecular formula is C21H24FN3O6S. The van der Waals surface area contributed by atoms with Gasteiger partial charge in [0.05, 0.1) is 17.3 Å². The first kappa shape index (κ1) is 23.8. The van der Waals surface area contributed by atoms with Gasteiger partial charge < -0.3 is 4.74 Å². The topological polar surface area (TPSA) is 117 Å². The van der Waals surface area contributed by atoms with Crippen molar-refractivity contribution >= 4 is 26.6 Å². The van der Waals surface area contributed by atoms with Crippen LogP contribution in [0.25, 0.3) is 10.9 Å². The van der Waals surface area contributed by atoms with E-state index in [1.54, 1.807) is 0 Å². The van der Waals surface area contributed by atoms with Crippen LogP contribution >= 0.6 is 0 Å². The molecule has 172 valence electrons. The van der Waals surface area contributed by atoms with Crippen molar-refractivity contribution in [1.29, 1.82) is 0 Å². The molecule has 32 heavy (non-hydrogen) atoms.